The van der Waals surface area contributed by atoms with Crippen molar-refractivity contribution in [2.24, 2.45) is 0 Å². The summed E-state index contributed by atoms with van der Waals surface area (Å²) in [7, 11) is 4.67. The smallest absolute Gasteiger partial charge is 0.274 e. The first-order chi connectivity index (χ1) is 13.2. The first-order valence-electron chi connectivity index (χ1n) is 8.86. The Kier molecular flexibility index (Phi) is 5.95. The van der Waals surface area contributed by atoms with E-state index in [4.69, 9.17) is 14.2 Å². The fourth-order valence-electron chi connectivity index (χ4n) is 3.07. The number of anilines is 2. The topological polar surface area (TPSA) is 85.8 Å². The maximum absolute atomic E-state index is 12.5. The Hall–Kier alpha value is -3.03. The number of carbonyl (C=O) groups excluding carboxylic acids is 1. The second kappa shape index (κ2) is 8.57. The van der Waals surface area contributed by atoms with Crippen LogP contribution in [0, 0.1) is 0 Å². The molecule has 0 bridgehead atoms. The van der Waals surface area contributed by atoms with E-state index in [0.29, 0.717) is 34.4 Å². The minimum Gasteiger partial charge on any atom is -0.493 e. The quantitative estimate of drug-likeness (QED) is 0.834. The molecule has 2 aromatic rings. The molecule has 1 fully saturated rings. The zero-order valence-electron chi connectivity index (χ0n) is 15.8. The molecule has 3 rings (SSSR count). The summed E-state index contributed by atoms with van der Waals surface area (Å²) >= 11 is 0. The van der Waals surface area contributed by atoms with E-state index < -0.39 is 0 Å². The maximum atomic E-state index is 12.5. The van der Waals surface area contributed by atoms with Crippen molar-refractivity contribution in [2.75, 3.05) is 39.7 Å². The largest absolute Gasteiger partial charge is 0.493 e. The third kappa shape index (κ3) is 4.21. The normalized spacial score (nSPS) is 13.8. The van der Waals surface area contributed by atoms with Gasteiger partial charge in [0.15, 0.2) is 23.0 Å². The molecule has 1 saturated heterocycles. The van der Waals surface area contributed by atoms with Gasteiger partial charge in [0, 0.05) is 30.9 Å². The number of rotatable bonds is 6. The summed E-state index contributed by atoms with van der Waals surface area (Å²) in [5, 5.41) is 11.3. The molecular formula is C19H24N4O4. The molecule has 1 amide bonds. The monoisotopic (exact) mass is 372 g/mol. The van der Waals surface area contributed by atoms with E-state index in [1.807, 2.05) is 4.90 Å². The number of benzene rings is 1. The number of nitrogens with one attached hydrogen (secondary N) is 1. The van der Waals surface area contributed by atoms with Crippen LogP contribution in [0.2, 0.25) is 0 Å². The Morgan fingerprint density at radius 1 is 0.963 bits per heavy atom. The molecule has 1 aromatic carbocycles. The van der Waals surface area contributed by atoms with Crippen LogP contribution in [0.25, 0.3) is 0 Å². The predicted molar refractivity (Wildman–Crippen MR) is 101 cm³/mol. The van der Waals surface area contributed by atoms with Crippen molar-refractivity contribution in [3.05, 3.63) is 30.0 Å². The first kappa shape index (κ1) is 18.8. The lowest BCUT2D eigenvalue weighted by molar-refractivity contribution is 0.0717. The predicted octanol–water partition coefficient (Wildman–Crippen LogP) is 2.87. The second-order valence-electron chi connectivity index (χ2n) is 6.20. The molecule has 0 atom stereocenters. The Labute approximate surface area is 158 Å². The highest BCUT2D eigenvalue weighted by Crippen LogP contribution is 2.40. The number of piperidine rings is 1. The number of carbonyl (C=O) groups is 1. The summed E-state index contributed by atoms with van der Waals surface area (Å²) in [5.41, 5.74) is 1.06. The molecule has 2 heterocycles. The van der Waals surface area contributed by atoms with Crippen LogP contribution >= 0.6 is 0 Å². The van der Waals surface area contributed by atoms with Gasteiger partial charge in [-0.3, -0.25) is 4.79 Å². The van der Waals surface area contributed by atoms with Gasteiger partial charge in [-0.15, -0.1) is 10.2 Å². The molecule has 0 unspecified atom stereocenters. The molecule has 0 spiro atoms. The van der Waals surface area contributed by atoms with Crippen molar-refractivity contribution in [3.8, 4) is 17.2 Å². The van der Waals surface area contributed by atoms with E-state index in [1.165, 1.54) is 6.42 Å². The van der Waals surface area contributed by atoms with Crippen LogP contribution in [0.5, 0.6) is 17.2 Å². The van der Waals surface area contributed by atoms with Gasteiger partial charge in [0.05, 0.1) is 21.3 Å². The lowest BCUT2D eigenvalue weighted by Crippen LogP contribution is -2.36. The molecule has 1 N–H and O–H groups in total. The molecule has 0 aliphatic carbocycles. The average molecular weight is 372 g/mol. The lowest BCUT2D eigenvalue weighted by Gasteiger charge is -2.26. The van der Waals surface area contributed by atoms with Crippen LogP contribution in [0.3, 0.4) is 0 Å². The van der Waals surface area contributed by atoms with Crippen LogP contribution in [0.15, 0.2) is 24.3 Å². The number of amides is 1. The summed E-state index contributed by atoms with van der Waals surface area (Å²) in [5.74, 6) is 2.02. The summed E-state index contributed by atoms with van der Waals surface area (Å²) in [6, 6.07) is 6.96. The molecule has 8 heteroatoms. The molecule has 27 heavy (non-hydrogen) atoms. The summed E-state index contributed by atoms with van der Waals surface area (Å²) < 4.78 is 16.0. The molecule has 0 saturated carbocycles. The van der Waals surface area contributed by atoms with Gasteiger partial charge in [-0.05, 0) is 31.4 Å². The summed E-state index contributed by atoms with van der Waals surface area (Å²) in [6.07, 6.45) is 3.26. The van der Waals surface area contributed by atoms with Gasteiger partial charge in [-0.2, -0.15) is 0 Å². The number of methoxy groups -OCH3 is 3. The van der Waals surface area contributed by atoms with Crippen molar-refractivity contribution < 1.29 is 19.0 Å². The third-order valence-electron chi connectivity index (χ3n) is 4.46. The van der Waals surface area contributed by atoms with Gasteiger partial charge >= 0.3 is 0 Å². The van der Waals surface area contributed by atoms with E-state index >= 15 is 0 Å². The Balaban J connectivity index is 1.75. The first-order valence-corrected chi connectivity index (χ1v) is 8.86. The zero-order valence-corrected chi connectivity index (χ0v) is 15.8. The number of nitrogens with zero attached hydrogens (tertiary/aromatic N) is 3. The van der Waals surface area contributed by atoms with Crippen LogP contribution in [-0.2, 0) is 0 Å². The zero-order chi connectivity index (χ0) is 19.2. The number of ether oxygens (including phenoxy) is 3. The SMILES string of the molecule is COc1cc(Nc2ccc(C(=O)N3CCCCC3)nn2)cc(OC)c1OC. The molecular weight excluding hydrogens is 348 g/mol. The van der Waals surface area contributed by atoms with E-state index in [2.05, 4.69) is 15.5 Å². The van der Waals surface area contributed by atoms with Gasteiger partial charge in [-0.1, -0.05) is 0 Å². The standard InChI is InChI=1S/C19H24N4O4/c1-25-15-11-13(12-16(26-2)18(15)27-3)20-17-8-7-14(21-22-17)19(24)23-9-5-4-6-10-23/h7-8,11-12H,4-6,9-10H2,1-3H3,(H,20,22). The molecule has 144 valence electrons. The fraction of sp³-hybridized carbons (Fsp3) is 0.421. The highest BCUT2D eigenvalue weighted by Gasteiger charge is 2.20. The van der Waals surface area contributed by atoms with Crippen molar-refractivity contribution in [1.82, 2.24) is 15.1 Å². The Morgan fingerprint density at radius 3 is 2.15 bits per heavy atom. The van der Waals surface area contributed by atoms with E-state index in [-0.39, 0.29) is 5.91 Å². The molecule has 1 aliphatic heterocycles. The minimum absolute atomic E-state index is 0.0680. The number of hydrogen-bond acceptors (Lipinski definition) is 7. The highest BCUT2D eigenvalue weighted by atomic mass is 16.5. The maximum Gasteiger partial charge on any atom is 0.274 e. The van der Waals surface area contributed by atoms with Gasteiger partial charge in [0.25, 0.3) is 5.91 Å². The van der Waals surface area contributed by atoms with Gasteiger partial charge < -0.3 is 24.4 Å². The average Bonchev–Trinajstić information content (AvgIpc) is 2.73. The number of likely N-dealkylation sites (tertiary alicyclic amines) is 1. The Morgan fingerprint density at radius 2 is 1.63 bits per heavy atom. The van der Waals surface area contributed by atoms with Crippen LogP contribution in [-0.4, -0.2) is 55.4 Å². The second-order valence-corrected chi connectivity index (χ2v) is 6.20. The fourth-order valence-corrected chi connectivity index (χ4v) is 3.07. The summed E-state index contributed by atoms with van der Waals surface area (Å²) in [6.45, 7) is 1.57. The van der Waals surface area contributed by atoms with Crippen LogP contribution in [0.4, 0.5) is 11.5 Å². The highest BCUT2D eigenvalue weighted by molar-refractivity contribution is 5.92. The molecule has 0 radical (unpaired) electrons. The minimum atomic E-state index is -0.0680. The van der Waals surface area contributed by atoms with Crippen molar-refractivity contribution in [2.45, 2.75) is 19.3 Å². The van der Waals surface area contributed by atoms with E-state index in [1.54, 1.807) is 45.6 Å². The van der Waals surface area contributed by atoms with Crippen molar-refractivity contribution in [3.63, 3.8) is 0 Å². The Bertz CT molecular complexity index is 764. The molecule has 8 nitrogen and oxygen atoms in total. The van der Waals surface area contributed by atoms with Gasteiger partial charge in [-0.25, -0.2) is 0 Å². The van der Waals surface area contributed by atoms with Gasteiger partial charge in [0.2, 0.25) is 5.75 Å². The third-order valence-corrected chi connectivity index (χ3v) is 4.46. The number of hydrogen-bond donors (Lipinski definition) is 1. The molecule has 1 aromatic heterocycles. The van der Waals surface area contributed by atoms with Gasteiger partial charge in [0.1, 0.15) is 0 Å². The van der Waals surface area contributed by atoms with E-state index in [0.717, 1.165) is 25.9 Å². The molecule has 1 aliphatic rings. The van der Waals surface area contributed by atoms with Crippen molar-refractivity contribution in [1.29, 1.82) is 0 Å². The van der Waals surface area contributed by atoms with Crippen LogP contribution < -0.4 is 19.5 Å². The van der Waals surface area contributed by atoms with Crippen LogP contribution in [0.1, 0.15) is 29.8 Å². The lowest BCUT2D eigenvalue weighted by atomic mass is 10.1. The van der Waals surface area contributed by atoms with Crippen molar-refractivity contribution >= 4 is 17.4 Å². The number of aromatic nitrogens is 2. The van der Waals surface area contributed by atoms with E-state index in [9.17, 15) is 4.79 Å². The summed E-state index contributed by atoms with van der Waals surface area (Å²) in [4.78, 5) is 14.3.